The highest BCUT2D eigenvalue weighted by Gasteiger charge is 2.31. The van der Waals surface area contributed by atoms with Gasteiger partial charge in [0.1, 0.15) is 9.96 Å². The number of nitrogens with one attached hydrogen (secondary N) is 3. The summed E-state index contributed by atoms with van der Waals surface area (Å²) >= 11 is 1.16. The highest BCUT2D eigenvalue weighted by Crippen LogP contribution is 2.27. The Labute approximate surface area is 508 Å². The van der Waals surface area contributed by atoms with Crippen LogP contribution >= 0.6 is 11.3 Å². The van der Waals surface area contributed by atoms with E-state index in [4.69, 9.17) is 5.11 Å². The van der Waals surface area contributed by atoms with E-state index >= 15 is 0 Å². The van der Waals surface area contributed by atoms with Gasteiger partial charge in [-0.15, -0.1) is 24.5 Å². The van der Waals surface area contributed by atoms with Gasteiger partial charge < -0.3 is 25.2 Å². The SMILES string of the molecule is O=C(O)c1ccc(S(=O)(=O)Nc2cccc(CCc3ccccc3C(=O)O)c2)cc1.O=C(O)c1ccccc1CCc1cccc(NS(=O)(=O)c2ccc(OC(F)(F)F)cc2)c1.O=C(O)c1ccccc1CCc1cccc(NS(=O)(=O)c2cccs2)c1. The number of alkyl halides is 3. The van der Waals surface area contributed by atoms with Crippen LogP contribution in [0.15, 0.2) is 226 Å². The molecular weight excluding hydrogens is 1220 g/mol. The number of carbonyl (C=O) groups is 4. The van der Waals surface area contributed by atoms with Crippen molar-refractivity contribution in [2.24, 2.45) is 0 Å². The Kier molecular flexibility index (Phi) is 22.0. The number of halogens is 3. The van der Waals surface area contributed by atoms with E-state index in [-0.39, 0.29) is 36.4 Å². The van der Waals surface area contributed by atoms with E-state index < -0.39 is 66.1 Å². The van der Waals surface area contributed by atoms with Crippen LogP contribution in [-0.4, -0.2) is 75.9 Å². The van der Waals surface area contributed by atoms with Gasteiger partial charge in [0.25, 0.3) is 30.1 Å². The number of hydrogen-bond acceptors (Lipinski definition) is 12. The molecule has 0 aliphatic rings. The number of aryl methyl sites for hydroxylation is 6. The Morgan fingerprint density at radius 1 is 0.398 bits per heavy atom. The Hall–Kier alpha value is -9.82. The molecule has 1 aromatic heterocycles. The Morgan fingerprint density at radius 3 is 1.08 bits per heavy atom. The lowest BCUT2D eigenvalue weighted by atomic mass is 10.00. The molecule has 1 heterocycles. The van der Waals surface area contributed by atoms with Gasteiger partial charge in [-0.25, -0.2) is 44.4 Å². The van der Waals surface area contributed by atoms with E-state index in [0.717, 1.165) is 57.9 Å². The zero-order valence-electron chi connectivity index (χ0n) is 46.0. The number of aromatic carboxylic acids is 4. The normalized spacial score (nSPS) is 11.4. The quantitative estimate of drug-likeness (QED) is 0.0313. The summed E-state index contributed by atoms with van der Waals surface area (Å²) in [6, 6.07) is 52.9. The summed E-state index contributed by atoms with van der Waals surface area (Å²) in [6.07, 6.45) is -1.75. The number of sulfonamides is 3. The van der Waals surface area contributed by atoms with E-state index in [0.29, 0.717) is 66.6 Å². The molecule has 0 unspecified atom stereocenters. The van der Waals surface area contributed by atoms with Crippen molar-refractivity contribution in [1.82, 2.24) is 0 Å². The molecule has 9 aromatic rings. The minimum Gasteiger partial charge on any atom is -0.478 e. The fraction of sp³-hybridized carbons (Fsp3) is 0.111. The van der Waals surface area contributed by atoms with Gasteiger partial charge >= 0.3 is 30.2 Å². The molecule has 0 fully saturated rings. The number of thiophene rings is 1. The first-order valence-corrected chi connectivity index (χ1v) is 31.6. The zero-order chi connectivity index (χ0) is 63.7. The maximum absolute atomic E-state index is 12.6. The van der Waals surface area contributed by atoms with Crippen LogP contribution < -0.4 is 18.9 Å². The topological polar surface area (TPSA) is 297 Å². The Morgan fingerprint density at radius 2 is 0.750 bits per heavy atom. The molecule has 0 radical (unpaired) electrons. The predicted molar refractivity (Wildman–Crippen MR) is 325 cm³/mol. The van der Waals surface area contributed by atoms with E-state index in [9.17, 15) is 72.9 Å². The van der Waals surface area contributed by atoms with Gasteiger partial charge in [0.15, 0.2) is 0 Å². The molecule has 456 valence electrons. The van der Waals surface area contributed by atoms with Crippen molar-refractivity contribution >= 4 is 82.3 Å². The molecule has 25 heteroatoms. The van der Waals surface area contributed by atoms with E-state index in [1.165, 1.54) is 36.4 Å². The van der Waals surface area contributed by atoms with Crippen LogP contribution in [0, 0.1) is 0 Å². The van der Waals surface area contributed by atoms with Gasteiger partial charge in [-0.05, 0) is 186 Å². The summed E-state index contributed by atoms with van der Waals surface area (Å²) in [4.78, 5) is 44.6. The van der Waals surface area contributed by atoms with Crippen molar-refractivity contribution < 1.29 is 82.8 Å². The molecule has 0 aliphatic heterocycles. The number of ether oxygens (including phenoxy) is 1. The second-order valence-electron chi connectivity index (χ2n) is 19.1. The third kappa shape index (κ3) is 19.3. The van der Waals surface area contributed by atoms with Gasteiger partial charge in [0, 0.05) is 17.1 Å². The van der Waals surface area contributed by atoms with Crippen LogP contribution in [0.5, 0.6) is 5.75 Å². The molecule has 0 bridgehead atoms. The van der Waals surface area contributed by atoms with Gasteiger partial charge in [-0.1, -0.05) is 97.1 Å². The number of benzene rings is 8. The molecule has 0 aliphatic carbocycles. The Balaban J connectivity index is 0.000000189. The standard InChI is InChI=1S/C22H18F3NO5S.C22H19NO6S.C19H17NO4S2/c23-22(24,25)31-18-10-12-19(13-11-18)32(29,30)26-17-6-3-4-15(14-17)8-9-16-5-1-2-7-20(16)21(27)28;24-21(25)17-10-12-19(13-11-17)30(28,29)23-18-6-3-4-15(14-18)8-9-16-5-1-2-7-20(16)22(26)27;21-19(22)17-8-2-1-6-15(17)11-10-14-5-3-7-16(13-14)20-26(23,24)18-9-4-12-25-18/h1-7,10-14,26H,8-9H2,(H,27,28);1-7,10-14,23H,8-9H2,(H,24,25)(H,26,27);1-9,12-13,20H,10-11H2,(H,21,22). The Bertz CT molecular complexity index is 4280. The minimum atomic E-state index is -4.87. The summed E-state index contributed by atoms with van der Waals surface area (Å²) in [6.45, 7) is 0. The van der Waals surface area contributed by atoms with Gasteiger partial charge in [0.05, 0.1) is 32.0 Å². The van der Waals surface area contributed by atoms with Crippen molar-refractivity contribution in [3.05, 3.63) is 267 Å². The minimum absolute atomic E-state index is 0.00223. The average molecular weight is 1280 g/mol. The van der Waals surface area contributed by atoms with E-state index in [1.54, 1.807) is 133 Å². The molecule has 0 saturated carbocycles. The largest absolute Gasteiger partial charge is 0.573 e. The molecule has 0 saturated heterocycles. The zero-order valence-corrected chi connectivity index (χ0v) is 49.3. The highest BCUT2D eigenvalue weighted by atomic mass is 32.2. The number of rotatable bonds is 23. The molecule has 0 spiro atoms. The fourth-order valence-electron chi connectivity index (χ4n) is 8.70. The van der Waals surface area contributed by atoms with Crippen LogP contribution in [0.1, 0.15) is 74.8 Å². The van der Waals surface area contributed by atoms with Gasteiger partial charge in [0.2, 0.25) is 0 Å². The van der Waals surface area contributed by atoms with Crippen LogP contribution in [0.3, 0.4) is 0 Å². The summed E-state index contributed by atoms with van der Waals surface area (Å²) in [5, 5.41) is 38.4. The molecule has 7 N–H and O–H groups in total. The molecule has 8 aromatic carbocycles. The second-order valence-corrected chi connectivity index (χ2v) is 25.3. The molecule has 0 atom stereocenters. The first-order chi connectivity index (χ1) is 41.7. The highest BCUT2D eigenvalue weighted by molar-refractivity contribution is 7.94. The van der Waals surface area contributed by atoms with Crippen LogP contribution in [0.4, 0.5) is 30.2 Å². The van der Waals surface area contributed by atoms with Crippen LogP contribution in [-0.2, 0) is 68.6 Å². The fourth-order valence-corrected chi connectivity index (χ4v) is 12.8. The monoisotopic (exact) mass is 1280 g/mol. The number of carboxylic acid groups (broad SMARTS) is 4. The first-order valence-electron chi connectivity index (χ1n) is 26.3. The predicted octanol–water partition coefficient (Wildman–Crippen LogP) is 12.6. The van der Waals surface area contributed by atoms with E-state index in [1.807, 2.05) is 18.2 Å². The second kappa shape index (κ2) is 29.5. The summed E-state index contributed by atoms with van der Waals surface area (Å²) in [7, 11) is -11.5. The summed E-state index contributed by atoms with van der Waals surface area (Å²) < 4.78 is 123. The van der Waals surface area contributed by atoms with Crippen molar-refractivity contribution in [3.63, 3.8) is 0 Å². The molecule has 9 rings (SSSR count). The van der Waals surface area contributed by atoms with Crippen molar-refractivity contribution in [2.75, 3.05) is 14.2 Å². The third-order valence-electron chi connectivity index (χ3n) is 12.9. The van der Waals surface area contributed by atoms with Crippen LogP contribution in [0.25, 0.3) is 0 Å². The van der Waals surface area contributed by atoms with Crippen molar-refractivity contribution in [3.8, 4) is 5.75 Å². The first kappa shape index (κ1) is 65.7. The summed E-state index contributed by atoms with van der Waals surface area (Å²) in [5.41, 5.74) is 6.54. The molecular formula is C63H54F3N3O15S4. The lowest BCUT2D eigenvalue weighted by Crippen LogP contribution is -2.17. The average Bonchev–Trinajstić information content (AvgIpc) is 3.49. The summed E-state index contributed by atoms with van der Waals surface area (Å²) in [5.74, 6) is -4.61. The number of anilines is 3. The smallest absolute Gasteiger partial charge is 0.478 e. The molecule has 0 amide bonds. The maximum Gasteiger partial charge on any atom is 0.573 e. The lowest BCUT2D eigenvalue weighted by Gasteiger charge is -2.12. The van der Waals surface area contributed by atoms with E-state index in [2.05, 4.69) is 18.9 Å². The van der Waals surface area contributed by atoms with Crippen molar-refractivity contribution in [1.29, 1.82) is 0 Å². The van der Waals surface area contributed by atoms with Crippen LogP contribution in [0.2, 0.25) is 0 Å². The van der Waals surface area contributed by atoms with Crippen molar-refractivity contribution in [2.45, 2.75) is 58.9 Å². The number of carboxylic acids is 4. The van der Waals surface area contributed by atoms with Gasteiger partial charge in [-0.3, -0.25) is 14.2 Å². The maximum atomic E-state index is 12.6. The third-order valence-corrected chi connectivity index (χ3v) is 18.4. The van der Waals surface area contributed by atoms with Gasteiger partial charge in [-0.2, -0.15) is 0 Å². The molecule has 88 heavy (non-hydrogen) atoms. The molecule has 18 nitrogen and oxygen atoms in total. The number of hydrogen-bond donors (Lipinski definition) is 7. The lowest BCUT2D eigenvalue weighted by molar-refractivity contribution is -0.274.